The monoisotopic (exact) mass is 463 g/mol. The van der Waals surface area contributed by atoms with Crippen molar-refractivity contribution >= 4 is 42.2 Å². The van der Waals surface area contributed by atoms with Crippen LogP contribution in [-0.4, -0.2) is 75.8 Å². The van der Waals surface area contributed by atoms with Crippen molar-refractivity contribution in [3.8, 4) is 0 Å². The van der Waals surface area contributed by atoms with Gasteiger partial charge in [-0.2, -0.15) is 12.6 Å². The number of carboxylic acid groups (broad SMARTS) is 1. The van der Waals surface area contributed by atoms with Gasteiger partial charge in [-0.15, -0.1) is 0 Å². The molecule has 0 aliphatic carbocycles. The van der Waals surface area contributed by atoms with Gasteiger partial charge < -0.3 is 37.6 Å². The number of aliphatic hydroxyl groups is 1. The summed E-state index contributed by atoms with van der Waals surface area (Å²) in [7, 11) is 0. The van der Waals surface area contributed by atoms with Gasteiger partial charge in [0.05, 0.1) is 12.1 Å². The molecule has 13 heteroatoms. The number of carbonyl (C=O) groups excluding carboxylic acids is 4. The van der Waals surface area contributed by atoms with Crippen molar-refractivity contribution in [3.63, 3.8) is 0 Å². The maximum absolute atomic E-state index is 12.7. The molecule has 0 rings (SSSR count). The molecule has 0 aliphatic rings. The Morgan fingerprint density at radius 2 is 1.52 bits per heavy atom. The molecule has 0 radical (unpaired) electrons. The summed E-state index contributed by atoms with van der Waals surface area (Å²) in [5, 5.41) is 26.2. The highest BCUT2D eigenvalue weighted by Gasteiger charge is 2.33. The first-order valence-electron chi connectivity index (χ1n) is 9.82. The van der Waals surface area contributed by atoms with E-state index in [1.807, 2.05) is 0 Å². The van der Waals surface area contributed by atoms with Crippen LogP contribution in [0.1, 0.15) is 40.0 Å². The fraction of sp³-hybridized carbons (Fsp3) is 0.722. The number of primary amides is 1. The van der Waals surface area contributed by atoms with Crippen LogP contribution in [0.5, 0.6) is 0 Å². The summed E-state index contributed by atoms with van der Waals surface area (Å²) in [5.74, 6) is -4.89. The molecule has 4 amide bonds. The first-order valence-corrected chi connectivity index (χ1v) is 10.5. The van der Waals surface area contributed by atoms with Crippen LogP contribution in [0.4, 0.5) is 0 Å². The summed E-state index contributed by atoms with van der Waals surface area (Å²) in [4.78, 5) is 59.9. The molecular formula is C18H33N5O7S. The summed E-state index contributed by atoms with van der Waals surface area (Å²) < 4.78 is 0. The van der Waals surface area contributed by atoms with Crippen LogP contribution in [0.2, 0.25) is 0 Å². The van der Waals surface area contributed by atoms with Crippen molar-refractivity contribution in [2.75, 3.05) is 5.75 Å². The number of amides is 4. The normalized spacial score (nSPS) is 16.7. The molecule has 6 unspecified atom stereocenters. The molecule has 0 bridgehead atoms. The maximum atomic E-state index is 12.7. The molecule has 31 heavy (non-hydrogen) atoms. The van der Waals surface area contributed by atoms with Gasteiger partial charge in [-0.3, -0.25) is 19.2 Å². The number of nitrogens with one attached hydrogen (secondary N) is 3. The minimum atomic E-state index is -1.45. The maximum Gasteiger partial charge on any atom is 0.326 e. The standard InChI is InChI=1S/C18H33N5O7S/c1-4-8(2)13(18(29)30)22-16(27)11(5-6-12(20)25)21-17(28)14(9(3)24)23-15(26)10(19)7-31/h8-11,13-14,24,31H,4-7,19H2,1-3H3,(H2,20,25)(H,21,28)(H,22,27)(H,23,26)(H,29,30). The van der Waals surface area contributed by atoms with Gasteiger partial charge in [0.25, 0.3) is 0 Å². The van der Waals surface area contributed by atoms with E-state index >= 15 is 0 Å². The summed E-state index contributed by atoms with van der Waals surface area (Å²) in [6.45, 7) is 4.64. The molecule has 9 N–H and O–H groups in total. The van der Waals surface area contributed by atoms with Crippen molar-refractivity contribution in [1.29, 1.82) is 0 Å². The van der Waals surface area contributed by atoms with Crippen molar-refractivity contribution in [1.82, 2.24) is 16.0 Å². The Morgan fingerprint density at radius 1 is 0.968 bits per heavy atom. The molecule has 0 heterocycles. The van der Waals surface area contributed by atoms with Gasteiger partial charge in [0.1, 0.15) is 18.1 Å². The van der Waals surface area contributed by atoms with Crippen LogP contribution in [0, 0.1) is 5.92 Å². The highest BCUT2D eigenvalue weighted by Crippen LogP contribution is 2.09. The molecule has 0 spiro atoms. The fourth-order valence-electron chi connectivity index (χ4n) is 2.50. The van der Waals surface area contributed by atoms with Crippen LogP contribution in [0.3, 0.4) is 0 Å². The van der Waals surface area contributed by atoms with Crippen LogP contribution in [0.15, 0.2) is 0 Å². The van der Waals surface area contributed by atoms with E-state index in [4.69, 9.17) is 11.5 Å². The number of carbonyl (C=O) groups is 5. The predicted octanol–water partition coefficient (Wildman–Crippen LogP) is -2.53. The molecule has 12 nitrogen and oxygen atoms in total. The largest absolute Gasteiger partial charge is 0.480 e. The van der Waals surface area contributed by atoms with E-state index in [-0.39, 0.29) is 18.6 Å². The fourth-order valence-corrected chi connectivity index (χ4v) is 2.67. The molecule has 6 atom stereocenters. The average molecular weight is 464 g/mol. The molecule has 0 fully saturated rings. The van der Waals surface area contributed by atoms with Crippen LogP contribution >= 0.6 is 12.6 Å². The van der Waals surface area contributed by atoms with Crippen LogP contribution in [-0.2, 0) is 24.0 Å². The van der Waals surface area contributed by atoms with Crippen LogP contribution in [0.25, 0.3) is 0 Å². The lowest BCUT2D eigenvalue weighted by Crippen LogP contribution is -2.60. The van der Waals surface area contributed by atoms with Gasteiger partial charge in [0, 0.05) is 12.2 Å². The first kappa shape index (κ1) is 28.6. The third-order valence-corrected chi connectivity index (χ3v) is 5.08. The first-order chi connectivity index (χ1) is 14.3. The summed E-state index contributed by atoms with van der Waals surface area (Å²) in [5.41, 5.74) is 10.7. The Morgan fingerprint density at radius 3 is 1.94 bits per heavy atom. The number of aliphatic carboxylic acids is 1. The smallest absolute Gasteiger partial charge is 0.326 e. The number of hydrogen-bond donors (Lipinski definition) is 8. The summed E-state index contributed by atoms with van der Waals surface area (Å²) in [6, 6.07) is -5.03. The number of carboxylic acids is 1. The second kappa shape index (κ2) is 13.8. The second-order valence-electron chi connectivity index (χ2n) is 7.29. The van der Waals surface area contributed by atoms with Crippen molar-refractivity contribution < 1.29 is 34.2 Å². The van der Waals surface area contributed by atoms with E-state index < -0.39 is 65.8 Å². The molecule has 0 saturated carbocycles. The Labute approximate surface area is 186 Å². The molecule has 0 aliphatic heterocycles. The molecule has 0 saturated heterocycles. The van der Waals surface area contributed by atoms with Gasteiger partial charge in [-0.25, -0.2) is 4.79 Å². The Bertz CT molecular complexity index is 661. The third-order valence-electron chi connectivity index (χ3n) is 4.69. The number of nitrogens with two attached hydrogens (primary N) is 2. The summed E-state index contributed by atoms with van der Waals surface area (Å²) >= 11 is 3.89. The van der Waals surface area contributed by atoms with E-state index in [9.17, 15) is 34.2 Å². The van der Waals surface area contributed by atoms with Gasteiger partial charge in [0.15, 0.2) is 0 Å². The lowest BCUT2D eigenvalue weighted by Gasteiger charge is -2.27. The van der Waals surface area contributed by atoms with Gasteiger partial charge in [0.2, 0.25) is 23.6 Å². The number of thiol groups is 1. The number of aliphatic hydroxyl groups excluding tert-OH is 1. The van der Waals surface area contributed by atoms with Crippen molar-refractivity contribution in [2.45, 2.75) is 70.3 Å². The number of hydrogen-bond acceptors (Lipinski definition) is 8. The third kappa shape index (κ3) is 9.98. The lowest BCUT2D eigenvalue weighted by atomic mass is 9.98. The van der Waals surface area contributed by atoms with Crippen molar-refractivity contribution in [3.05, 3.63) is 0 Å². The van der Waals surface area contributed by atoms with Gasteiger partial charge in [-0.05, 0) is 19.3 Å². The predicted molar refractivity (Wildman–Crippen MR) is 115 cm³/mol. The van der Waals surface area contributed by atoms with E-state index in [0.29, 0.717) is 6.42 Å². The SMILES string of the molecule is CCC(C)C(NC(=O)C(CCC(N)=O)NC(=O)C(NC(=O)C(N)CS)C(C)O)C(=O)O. The minimum Gasteiger partial charge on any atom is -0.480 e. The Balaban J connectivity index is 5.52. The van der Waals surface area contributed by atoms with E-state index in [2.05, 4.69) is 28.6 Å². The highest BCUT2D eigenvalue weighted by molar-refractivity contribution is 7.80. The molecule has 0 aromatic carbocycles. The van der Waals surface area contributed by atoms with E-state index in [0.717, 1.165) is 0 Å². The quantitative estimate of drug-likeness (QED) is 0.128. The van der Waals surface area contributed by atoms with Crippen LogP contribution < -0.4 is 27.4 Å². The topological polar surface area (TPSA) is 214 Å². The van der Waals surface area contributed by atoms with Gasteiger partial charge in [-0.1, -0.05) is 20.3 Å². The highest BCUT2D eigenvalue weighted by atomic mass is 32.1. The van der Waals surface area contributed by atoms with E-state index in [1.54, 1.807) is 13.8 Å². The molecule has 178 valence electrons. The van der Waals surface area contributed by atoms with E-state index in [1.165, 1.54) is 6.92 Å². The second-order valence-corrected chi connectivity index (χ2v) is 7.66. The van der Waals surface area contributed by atoms with Gasteiger partial charge >= 0.3 is 5.97 Å². The lowest BCUT2D eigenvalue weighted by molar-refractivity contribution is -0.144. The molecular weight excluding hydrogens is 430 g/mol. The number of rotatable bonds is 14. The Kier molecular flexibility index (Phi) is 12.8. The summed E-state index contributed by atoms with van der Waals surface area (Å²) in [6.07, 6.45) is -1.36. The zero-order chi connectivity index (χ0) is 24.3. The minimum absolute atomic E-state index is 0.00415. The van der Waals surface area contributed by atoms with Crippen molar-refractivity contribution in [2.24, 2.45) is 17.4 Å². The Hall–Kier alpha value is -2.38. The molecule has 0 aromatic heterocycles. The zero-order valence-electron chi connectivity index (χ0n) is 17.8. The molecule has 0 aromatic rings. The average Bonchev–Trinajstić information content (AvgIpc) is 2.70. The zero-order valence-corrected chi connectivity index (χ0v) is 18.7.